The van der Waals surface area contributed by atoms with Crippen LogP contribution in [0.3, 0.4) is 0 Å². The van der Waals surface area contributed by atoms with E-state index in [0.29, 0.717) is 54.9 Å². The summed E-state index contributed by atoms with van der Waals surface area (Å²) in [6.07, 6.45) is 6.47. The Morgan fingerprint density at radius 1 is 1.00 bits per heavy atom. The number of morpholine rings is 1. The molecule has 12 heteroatoms. The van der Waals surface area contributed by atoms with Gasteiger partial charge in [-0.25, -0.2) is 4.98 Å². The van der Waals surface area contributed by atoms with E-state index in [1.807, 2.05) is 36.0 Å². The molecule has 11 nitrogen and oxygen atoms in total. The second-order valence-electron chi connectivity index (χ2n) is 10.9. The summed E-state index contributed by atoms with van der Waals surface area (Å²) in [5.74, 6) is 2.36. The quantitative estimate of drug-likeness (QED) is 0.316. The fraction of sp³-hybridized carbons (Fsp3) is 0.367. The highest BCUT2D eigenvalue weighted by atomic mass is 31.2. The number of hydrogen-bond acceptors (Lipinski definition) is 10. The maximum absolute atomic E-state index is 13.3. The molecule has 1 fully saturated rings. The van der Waals surface area contributed by atoms with E-state index in [9.17, 15) is 4.57 Å². The van der Waals surface area contributed by atoms with Crippen molar-refractivity contribution in [3.63, 3.8) is 0 Å². The highest BCUT2D eigenvalue weighted by molar-refractivity contribution is 7.70. The lowest BCUT2D eigenvalue weighted by molar-refractivity contribution is 0.122. The summed E-state index contributed by atoms with van der Waals surface area (Å²) in [5.41, 5.74) is 5.38. The first-order valence-corrected chi connectivity index (χ1v) is 16.7. The molecular weight excluding hydrogens is 553 g/mol. The molecule has 0 aliphatic carbocycles. The minimum absolute atomic E-state index is 0.401. The molecule has 220 valence electrons. The third-order valence-corrected chi connectivity index (χ3v) is 8.97. The fourth-order valence-corrected chi connectivity index (χ4v) is 6.35. The average Bonchev–Trinajstić information content (AvgIpc) is 3.46. The van der Waals surface area contributed by atoms with Crippen LogP contribution in [0.25, 0.3) is 11.1 Å². The number of methoxy groups -OCH3 is 1. The molecule has 0 spiro atoms. The minimum Gasteiger partial charge on any atom is -0.494 e. The van der Waals surface area contributed by atoms with Crippen LogP contribution in [0.15, 0.2) is 48.9 Å². The molecule has 0 amide bonds. The van der Waals surface area contributed by atoms with Crippen molar-refractivity contribution in [3.8, 4) is 22.6 Å². The number of anilines is 5. The van der Waals surface area contributed by atoms with Gasteiger partial charge in [-0.2, -0.15) is 10.1 Å². The summed E-state index contributed by atoms with van der Waals surface area (Å²) in [7, 11) is -0.986. The minimum atomic E-state index is -2.65. The Morgan fingerprint density at radius 3 is 2.62 bits per heavy atom. The SMILES string of the molecule is COc1cc(N2CCOCC2)c2cc1Nc1ncc(C)c(n1)Nc1ccc(cc1P(C)(C)=O)OCCCn1cc-2cn1. The molecule has 2 aromatic carbocycles. The lowest BCUT2D eigenvalue weighted by Crippen LogP contribution is -2.36. The van der Waals surface area contributed by atoms with E-state index in [0.717, 1.165) is 53.3 Å². The van der Waals surface area contributed by atoms with E-state index < -0.39 is 7.14 Å². The van der Waals surface area contributed by atoms with Crippen molar-refractivity contribution in [1.29, 1.82) is 0 Å². The first-order chi connectivity index (χ1) is 20.3. The van der Waals surface area contributed by atoms with Crippen LogP contribution in [0.4, 0.5) is 28.8 Å². The van der Waals surface area contributed by atoms with Gasteiger partial charge in [-0.1, -0.05) is 0 Å². The Bertz CT molecular complexity index is 1640. The molecule has 3 aliphatic rings. The molecule has 2 aromatic heterocycles. The molecule has 3 aliphatic heterocycles. The van der Waals surface area contributed by atoms with Crippen molar-refractivity contribution in [2.45, 2.75) is 19.9 Å². The Morgan fingerprint density at radius 2 is 1.83 bits per heavy atom. The lowest BCUT2D eigenvalue weighted by atomic mass is 10.0. The summed E-state index contributed by atoms with van der Waals surface area (Å²) in [6, 6.07) is 9.77. The molecule has 0 atom stereocenters. The molecular formula is C30H36N7O4P. The predicted octanol–water partition coefficient (Wildman–Crippen LogP) is 5.01. The summed E-state index contributed by atoms with van der Waals surface area (Å²) < 4.78 is 32.8. The van der Waals surface area contributed by atoms with Gasteiger partial charge in [-0.15, -0.1) is 0 Å². The van der Waals surface area contributed by atoms with E-state index in [1.54, 1.807) is 26.6 Å². The molecule has 0 saturated carbocycles. The number of benzene rings is 2. The number of aromatic nitrogens is 4. The lowest BCUT2D eigenvalue weighted by Gasteiger charge is -2.31. The largest absolute Gasteiger partial charge is 0.494 e. The van der Waals surface area contributed by atoms with E-state index in [2.05, 4.69) is 43.9 Å². The van der Waals surface area contributed by atoms with Crippen molar-refractivity contribution >= 4 is 41.3 Å². The highest BCUT2D eigenvalue weighted by Crippen LogP contribution is 2.42. The van der Waals surface area contributed by atoms with Crippen LogP contribution < -0.4 is 30.3 Å². The summed E-state index contributed by atoms with van der Waals surface area (Å²) in [5, 5.41) is 12.1. The Hall–Kier alpha value is -4.08. The van der Waals surface area contributed by atoms with E-state index in [-0.39, 0.29) is 0 Å². The first kappa shape index (κ1) is 28.1. The fourth-order valence-electron chi connectivity index (χ4n) is 5.20. The summed E-state index contributed by atoms with van der Waals surface area (Å²) in [6.45, 7) is 9.56. The molecule has 0 unspecified atom stereocenters. The van der Waals surface area contributed by atoms with Crippen molar-refractivity contribution in [1.82, 2.24) is 19.7 Å². The Labute approximate surface area is 245 Å². The first-order valence-electron chi connectivity index (χ1n) is 14.1. The molecule has 5 heterocycles. The number of nitrogens with one attached hydrogen (secondary N) is 2. The van der Waals surface area contributed by atoms with Gasteiger partial charge in [0.2, 0.25) is 5.95 Å². The third kappa shape index (κ3) is 5.93. The van der Waals surface area contributed by atoms with Crippen molar-refractivity contribution < 1.29 is 18.8 Å². The van der Waals surface area contributed by atoms with Gasteiger partial charge in [0, 0.05) is 72.2 Å². The van der Waals surface area contributed by atoms with Gasteiger partial charge in [0.25, 0.3) is 0 Å². The number of ether oxygens (including phenoxy) is 3. The molecule has 4 aromatic rings. The van der Waals surface area contributed by atoms with E-state index in [1.165, 1.54) is 0 Å². The number of nitrogens with zero attached hydrogens (tertiary/aromatic N) is 5. The van der Waals surface area contributed by atoms with Crippen molar-refractivity contribution in [2.75, 3.05) is 68.9 Å². The molecule has 8 bridgehead atoms. The van der Waals surface area contributed by atoms with Crippen LogP contribution in [0.1, 0.15) is 12.0 Å². The standard InChI is InChI=1S/C30H36N7O4P/c1-20-17-31-30-34-25-15-23(26(16-27(25)39-2)36-9-12-40-13-10-36)21-18-32-37(19-21)8-5-11-41-22-6-7-24(33-29(20)35-30)28(14-22)42(3,4)38/h6-7,14-19H,5,8-13H2,1-4H3,(H2,31,33,34,35). The van der Waals surface area contributed by atoms with Crippen LogP contribution in [0, 0.1) is 6.92 Å². The predicted molar refractivity (Wildman–Crippen MR) is 166 cm³/mol. The molecule has 42 heavy (non-hydrogen) atoms. The second-order valence-corrected chi connectivity index (χ2v) is 14.1. The number of fused-ring (bicyclic) bond motifs is 5. The zero-order chi connectivity index (χ0) is 29.3. The molecule has 0 radical (unpaired) electrons. The molecule has 2 N–H and O–H groups in total. The van der Waals surface area contributed by atoms with Crippen molar-refractivity contribution in [3.05, 3.63) is 54.5 Å². The topological polar surface area (TPSA) is 116 Å². The Balaban J connectivity index is 1.47. The van der Waals surface area contributed by atoms with Gasteiger partial charge in [-0.05, 0) is 44.5 Å². The molecule has 1 saturated heterocycles. The monoisotopic (exact) mass is 589 g/mol. The zero-order valence-corrected chi connectivity index (χ0v) is 25.3. The number of hydrogen-bond donors (Lipinski definition) is 2. The number of rotatable bonds is 3. The van der Waals surface area contributed by atoms with Gasteiger partial charge >= 0.3 is 0 Å². The summed E-state index contributed by atoms with van der Waals surface area (Å²) in [4.78, 5) is 11.7. The van der Waals surface area contributed by atoms with Gasteiger partial charge in [0.15, 0.2) is 0 Å². The Kier molecular flexibility index (Phi) is 7.79. The zero-order valence-electron chi connectivity index (χ0n) is 24.4. The van der Waals surface area contributed by atoms with Gasteiger partial charge in [0.05, 0.1) is 44.5 Å². The third-order valence-electron chi connectivity index (χ3n) is 7.43. The average molecular weight is 590 g/mol. The van der Waals surface area contributed by atoms with Gasteiger partial charge in [0.1, 0.15) is 24.5 Å². The smallest absolute Gasteiger partial charge is 0.229 e. The van der Waals surface area contributed by atoms with Crippen LogP contribution in [-0.4, -0.2) is 73.1 Å². The van der Waals surface area contributed by atoms with E-state index in [4.69, 9.17) is 19.2 Å². The second kappa shape index (κ2) is 11.7. The van der Waals surface area contributed by atoms with Crippen LogP contribution in [0.2, 0.25) is 0 Å². The van der Waals surface area contributed by atoms with Gasteiger partial charge in [-0.3, -0.25) is 4.68 Å². The van der Waals surface area contributed by atoms with Crippen LogP contribution in [-0.2, 0) is 15.8 Å². The van der Waals surface area contributed by atoms with Crippen LogP contribution in [0.5, 0.6) is 11.5 Å². The van der Waals surface area contributed by atoms with Crippen molar-refractivity contribution in [2.24, 2.45) is 0 Å². The van der Waals surface area contributed by atoms with Crippen LogP contribution >= 0.6 is 7.14 Å². The number of aryl methyl sites for hydroxylation is 2. The van der Waals surface area contributed by atoms with Gasteiger partial charge < -0.3 is 34.3 Å². The maximum atomic E-state index is 13.3. The molecule has 7 rings (SSSR count). The highest BCUT2D eigenvalue weighted by Gasteiger charge is 2.22. The summed E-state index contributed by atoms with van der Waals surface area (Å²) >= 11 is 0. The normalized spacial score (nSPS) is 15.5. The maximum Gasteiger partial charge on any atom is 0.229 e. The van der Waals surface area contributed by atoms with E-state index >= 15 is 0 Å².